The molecule has 1 unspecified atom stereocenters. The molecule has 0 saturated heterocycles. The molecule has 5 heteroatoms. The maximum Gasteiger partial charge on any atom is 0.104 e. The fourth-order valence-electron chi connectivity index (χ4n) is 1.75. The molecule has 0 aromatic heterocycles. The lowest BCUT2D eigenvalue weighted by molar-refractivity contribution is 0.182. The van der Waals surface area contributed by atoms with E-state index in [0.29, 0.717) is 17.6 Å². The van der Waals surface area contributed by atoms with Gasteiger partial charge in [-0.25, -0.2) is 0 Å². The molecule has 0 heterocycles. The highest BCUT2D eigenvalue weighted by molar-refractivity contribution is 9.10. The van der Waals surface area contributed by atoms with Crippen LogP contribution in [-0.2, 0) is 4.74 Å². The molecular weight excluding hydrogens is 312 g/mol. The zero-order valence-electron chi connectivity index (χ0n) is 10.7. The second-order valence-electron chi connectivity index (χ2n) is 4.14. The van der Waals surface area contributed by atoms with Crippen molar-refractivity contribution >= 4 is 38.8 Å². The van der Waals surface area contributed by atoms with Crippen molar-refractivity contribution in [3.63, 3.8) is 0 Å². The molecule has 1 aromatic carbocycles. The van der Waals surface area contributed by atoms with E-state index in [1.165, 1.54) is 0 Å². The molecule has 0 aliphatic rings. The molecule has 0 bridgehead atoms. The molecule has 0 aliphatic heterocycles. The zero-order chi connectivity index (χ0) is 13.5. The number of methoxy groups -OCH3 is 1. The van der Waals surface area contributed by atoms with Gasteiger partial charge < -0.3 is 15.8 Å². The van der Waals surface area contributed by atoms with Crippen LogP contribution in [-0.4, -0.2) is 24.7 Å². The monoisotopic (exact) mass is 330 g/mol. The van der Waals surface area contributed by atoms with Crippen molar-refractivity contribution in [2.24, 2.45) is 5.73 Å². The van der Waals surface area contributed by atoms with Gasteiger partial charge in [-0.05, 0) is 40.5 Å². The molecule has 0 saturated carbocycles. The molecule has 0 spiro atoms. The van der Waals surface area contributed by atoms with E-state index in [-0.39, 0.29) is 0 Å². The predicted octanol–water partition coefficient (Wildman–Crippen LogP) is 3.31. The van der Waals surface area contributed by atoms with Gasteiger partial charge in [0, 0.05) is 28.9 Å². The van der Waals surface area contributed by atoms with Crippen LogP contribution in [0.5, 0.6) is 0 Å². The van der Waals surface area contributed by atoms with Crippen LogP contribution in [0.3, 0.4) is 0 Å². The summed E-state index contributed by atoms with van der Waals surface area (Å²) in [5.41, 5.74) is 7.49. The van der Waals surface area contributed by atoms with E-state index in [2.05, 4.69) is 28.2 Å². The summed E-state index contributed by atoms with van der Waals surface area (Å²) in [6.07, 6.45) is 2.18. The quantitative estimate of drug-likeness (QED) is 0.753. The molecule has 0 aliphatic carbocycles. The lowest BCUT2D eigenvalue weighted by Crippen LogP contribution is -2.25. The van der Waals surface area contributed by atoms with Gasteiger partial charge >= 0.3 is 0 Å². The third kappa shape index (κ3) is 4.55. The number of halogens is 1. The van der Waals surface area contributed by atoms with Crippen LogP contribution in [0.15, 0.2) is 22.7 Å². The van der Waals surface area contributed by atoms with E-state index in [1.54, 1.807) is 7.11 Å². The molecule has 1 rings (SSSR count). The van der Waals surface area contributed by atoms with Gasteiger partial charge in [0.25, 0.3) is 0 Å². The normalized spacial score (nSPS) is 12.2. The van der Waals surface area contributed by atoms with Gasteiger partial charge in [-0.2, -0.15) is 0 Å². The lowest BCUT2D eigenvalue weighted by atomic mass is 10.1. The Bertz CT molecular complexity index is 406. The summed E-state index contributed by atoms with van der Waals surface area (Å²) in [4.78, 5) is 0.407. The second-order valence-corrected chi connectivity index (χ2v) is 5.44. The van der Waals surface area contributed by atoms with Crippen LogP contribution in [0.2, 0.25) is 0 Å². The minimum atomic E-state index is 0.312. The Balaban J connectivity index is 2.79. The third-order valence-corrected chi connectivity index (χ3v) is 3.51. The number of ether oxygens (including phenoxy) is 1. The average molecular weight is 331 g/mol. The van der Waals surface area contributed by atoms with Gasteiger partial charge in [0.2, 0.25) is 0 Å². The minimum Gasteiger partial charge on any atom is -0.389 e. The van der Waals surface area contributed by atoms with Gasteiger partial charge in [0.15, 0.2) is 0 Å². The van der Waals surface area contributed by atoms with Gasteiger partial charge in [-0.1, -0.05) is 25.6 Å². The predicted molar refractivity (Wildman–Crippen MR) is 84.2 cm³/mol. The van der Waals surface area contributed by atoms with Crippen molar-refractivity contribution in [3.8, 4) is 0 Å². The first-order valence-electron chi connectivity index (χ1n) is 5.93. The highest BCUT2D eigenvalue weighted by Crippen LogP contribution is 2.25. The summed E-state index contributed by atoms with van der Waals surface area (Å²) in [5.74, 6) is 0. The molecule has 1 aromatic rings. The first-order chi connectivity index (χ1) is 8.58. The topological polar surface area (TPSA) is 47.3 Å². The van der Waals surface area contributed by atoms with E-state index < -0.39 is 0 Å². The highest BCUT2D eigenvalue weighted by Gasteiger charge is 2.10. The molecule has 0 radical (unpaired) electrons. The molecule has 3 N–H and O–H groups in total. The molecular formula is C13H19BrN2OS. The van der Waals surface area contributed by atoms with Crippen LogP contribution >= 0.6 is 28.1 Å². The summed E-state index contributed by atoms with van der Waals surface area (Å²) in [7, 11) is 1.72. The third-order valence-electron chi connectivity index (χ3n) is 2.62. The SMILES string of the molecule is CCCC(COC)Nc1ccc(C(N)=S)cc1Br. The van der Waals surface area contributed by atoms with Crippen molar-refractivity contribution < 1.29 is 4.74 Å². The summed E-state index contributed by atoms with van der Waals surface area (Å²) in [5, 5.41) is 3.46. The average Bonchev–Trinajstić information content (AvgIpc) is 2.32. The molecule has 0 fully saturated rings. The van der Waals surface area contributed by atoms with E-state index in [4.69, 9.17) is 22.7 Å². The van der Waals surface area contributed by atoms with Crippen LogP contribution in [0.25, 0.3) is 0 Å². The van der Waals surface area contributed by atoms with Crippen molar-refractivity contribution in [2.75, 3.05) is 19.0 Å². The Morgan fingerprint density at radius 3 is 2.78 bits per heavy atom. The highest BCUT2D eigenvalue weighted by atomic mass is 79.9. The van der Waals surface area contributed by atoms with Crippen LogP contribution in [0, 0.1) is 0 Å². The largest absolute Gasteiger partial charge is 0.389 e. The van der Waals surface area contributed by atoms with E-state index in [1.807, 2.05) is 18.2 Å². The van der Waals surface area contributed by atoms with E-state index >= 15 is 0 Å². The van der Waals surface area contributed by atoms with Crippen molar-refractivity contribution in [1.29, 1.82) is 0 Å². The number of rotatable bonds is 7. The summed E-state index contributed by atoms with van der Waals surface area (Å²) >= 11 is 8.48. The summed E-state index contributed by atoms with van der Waals surface area (Å²) < 4.78 is 6.17. The van der Waals surface area contributed by atoms with E-state index in [0.717, 1.165) is 28.6 Å². The molecule has 18 heavy (non-hydrogen) atoms. The number of hydrogen-bond donors (Lipinski definition) is 2. The van der Waals surface area contributed by atoms with Gasteiger partial charge in [-0.15, -0.1) is 0 Å². The molecule has 3 nitrogen and oxygen atoms in total. The van der Waals surface area contributed by atoms with E-state index in [9.17, 15) is 0 Å². The fourth-order valence-corrected chi connectivity index (χ4v) is 2.37. The Kier molecular flexibility index (Phi) is 6.60. The maximum atomic E-state index is 5.60. The van der Waals surface area contributed by atoms with Gasteiger partial charge in [0.1, 0.15) is 4.99 Å². The van der Waals surface area contributed by atoms with Crippen molar-refractivity contribution in [1.82, 2.24) is 0 Å². The summed E-state index contributed by atoms with van der Waals surface area (Å²) in [6, 6.07) is 6.15. The molecule has 0 amide bonds. The van der Waals surface area contributed by atoms with Crippen LogP contribution < -0.4 is 11.1 Å². The Hall–Kier alpha value is -0.650. The number of nitrogens with one attached hydrogen (secondary N) is 1. The van der Waals surface area contributed by atoms with Gasteiger partial charge in [0.05, 0.1) is 6.61 Å². The van der Waals surface area contributed by atoms with Crippen LogP contribution in [0.4, 0.5) is 5.69 Å². The molecule has 1 atom stereocenters. The standard InChI is InChI=1S/C13H19BrN2OS/c1-3-4-10(8-17-2)16-12-6-5-9(13(15)18)7-11(12)14/h5-7,10,16H,3-4,8H2,1-2H3,(H2,15,18). The summed E-state index contributed by atoms with van der Waals surface area (Å²) in [6.45, 7) is 2.85. The Morgan fingerprint density at radius 1 is 1.56 bits per heavy atom. The minimum absolute atomic E-state index is 0.312. The maximum absolute atomic E-state index is 5.60. The number of anilines is 1. The number of thiocarbonyl (C=S) groups is 1. The van der Waals surface area contributed by atoms with Crippen molar-refractivity contribution in [3.05, 3.63) is 28.2 Å². The number of hydrogen-bond acceptors (Lipinski definition) is 3. The van der Waals surface area contributed by atoms with Crippen molar-refractivity contribution in [2.45, 2.75) is 25.8 Å². The zero-order valence-corrected chi connectivity index (χ0v) is 13.1. The number of benzene rings is 1. The fraction of sp³-hybridized carbons (Fsp3) is 0.462. The smallest absolute Gasteiger partial charge is 0.104 e. The first-order valence-corrected chi connectivity index (χ1v) is 7.13. The Morgan fingerprint density at radius 2 is 2.28 bits per heavy atom. The van der Waals surface area contributed by atoms with Gasteiger partial charge in [-0.3, -0.25) is 0 Å². The van der Waals surface area contributed by atoms with Crippen LogP contribution in [0.1, 0.15) is 25.3 Å². The number of nitrogens with two attached hydrogens (primary N) is 1. The first kappa shape index (κ1) is 15.4. The Labute approximate surface area is 122 Å². The second kappa shape index (κ2) is 7.71. The lowest BCUT2D eigenvalue weighted by Gasteiger charge is -2.19. The molecule has 100 valence electrons.